The normalized spacial score (nSPS) is 25.4. The van der Waals surface area contributed by atoms with Crippen molar-refractivity contribution in [3.63, 3.8) is 0 Å². The van der Waals surface area contributed by atoms with Crippen molar-refractivity contribution in [3.05, 3.63) is 41.1 Å². The Labute approximate surface area is 159 Å². The maximum absolute atomic E-state index is 12.6. The zero-order chi connectivity index (χ0) is 19.4. The molecule has 0 aromatic heterocycles. The molecule has 2 aliphatic heterocycles. The van der Waals surface area contributed by atoms with Crippen LogP contribution >= 0.6 is 0 Å². The Morgan fingerprint density at radius 3 is 2.67 bits per heavy atom. The van der Waals surface area contributed by atoms with Crippen LogP contribution in [0.2, 0.25) is 0 Å². The van der Waals surface area contributed by atoms with Crippen molar-refractivity contribution < 1.29 is 24.0 Å². The molecule has 1 fully saturated rings. The summed E-state index contributed by atoms with van der Waals surface area (Å²) in [7, 11) is 2.95. The number of carbonyl (C=O) groups is 2. The summed E-state index contributed by atoms with van der Waals surface area (Å²) in [6, 6.07) is 6.48. The summed E-state index contributed by atoms with van der Waals surface area (Å²) in [4.78, 5) is 26.3. The number of methoxy groups -OCH3 is 2. The highest BCUT2D eigenvalue weighted by molar-refractivity contribution is 5.95. The molecule has 0 saturated carbocycles. The molecule has 2 aliphatic rings. The summed E-state index contributed by atoms with van der Waals surface area (Å²) < 4.78 is 10.3. The molecule has 3 rings (SSSR count). The number of urea groups is 1. The number of hydrogen-bond acceptors (Lipinski definition) is 4. The number of hydrogen-bond donors (Lipinski definition) is 3. The highest BCUT2D eigenvalue weighted by Gasteiger charge is 2.35. The third-order valence-electron chi connectivity index (χ3n) is 5.39. The van der Waals surface area contributed by atoms with Gasteiger partial charge in [0, 0.05) is 0 Å². The van der Waals surface area contributed by atoms with Gasteiger partial charge in [-0.1, -0.05) is 19.1 Å². The maximum atomic E-state index is 12.6. The molecule has 0 unspecified atom stereocenters. The second-order valence-electron chi connectivity index (χ2n) is 7.30. The summed E-state index contributed by atoms with van der Waals surface area (Å²) in [5.74, 6) is 0.965. The van der Waals surface area contributed by atoms with E-state index in [-0.39, 0.29) is 6.03 Å². The van der Waals surface area contributed by atoms with Crippen molar-refractivity contribution in [2.45, 2.75) is 25.8 Å². The minimum Gasteiger partial charge on any atom is -0.497 e. The molecular weight excluding hydrogens is 346 g/mol. The van der Waals surface area contributed by atoms with Gasteiger partial charge in [0.15, 0.2) is 0 Å². The van der Waals surface area contributed by atoms with E-state index in [9.17, 15) is 9.59 Å². The molecule has 1 aromatic rings. The first-order valence-electron chi connectivity index (χ1n) is 9.38. The predicted molar refractivity (Wildman–Crippen MR) is 100 cm³/mol. The van der Waals surface area contributed by atoms with E-state index in [2.05, 4.69) is 17.6 Å². The number of piperidine rings is 1. The minimum atomic E-state index is -0.570. The highest BCUT2D eigenvalue weighted by Crippen LogP contribution is 2.29. The van der Waals surface area contributed by atoms with Crippen LogP contribution in [0.4, 0.5) is 4.79 Å². The molecule has 1 aromatic carbocycles. The number of nitrogens with one attached hydrogen (secondary N) is 3. The SMILES string of the molecule is COC(=O)C1=C(C[NH+]2CCC(C)CC2)NC(=O)N[C@@H]1c1cccc(OC)c1. The number of ether oxygens (including phenoxy) is 2. The zero-order valence-electron chi connectivity index (χ0n) is 16.1. The van der Waals surface area contributed by atoms with Crippen LogP contribution in [0.5, 0.6) is 5.75 Å². The van der Waals surface area contributed by atoms with Crippen molar-refractivity contribution in [2.24, 2.45) is 5.92 Å². The van der Waals surface area contributed by atoms with Crippen LogP contribution < -0.4 is 20.3 Å². The Bertz CT molecular complexity index is 738. The number of carbonyl (C=O) groups excluding carboxylic acids is 2. The van der Waals surface area contributed by atoms with Crippen molar-refractivity contribution in [1.29, 1.82) is 0 Å². The van der Waals surface area contributed by atoms with Gasteiger partial charge in [-0.2, -0.15) is 0 Å². The second-order valence-corrected chi connectivity index (χ2v) is 7.30. The number of esters is 1. The van der Waals surface area contributed by atoms with Gasteiger partial charge in [0.1, 0.15) is 12.3 Å². The lowest BCUT2D eigenvalue weighted by atomic mass is 9.94. The van der Waals surface area contributed by atoms with Crippen LogP contribution in [0.15, 0.2) is 35.5 Å². The van der Waals surface area contributed by atoms with E-state index in [0.29, 0.717) is 23.6 Å². The fourth-order valence-corrected chi connectivity index (χ4v) is 3.78. The quantitative estimate of drug-likeness (QED) is 0.666. The summed E-state index contributed by atoms with van der Waals surface area (Å²) in [6.45, 7) is 4.94. The fraction of sp³-hybridized carbons (Fsp3) is 0.500. The van der Waals surface area contributed by atoms with Gasteiger partial charge in [-0.05, 0) is 36.5 Å². The molecule has 2 amide bonds. The molecule has 0 radical (unpaired) electrons. The molecule has 27 heavy (non-hydrogen) atoms. The van der Waals surface area contributed by atoms with Crippen LogP contribution in [0.3, 0.4) is 0 Å². The largest absolute Gasteiger partial charge is 0.497 e. The van der Waals surface area contributed by atoms with Crippen LogP contribution in [0.1, 0.15) is 31.4 Å². The first kappa shape index (κ1) is 19.2. The van der Waals surface area contributed by atoms with E-state index in [1.807, 2.05) is 24.3 Å². The van der Waals surface area contributed by atoms with Crippen molar-refractivity contribution >= 4 is 12.0 Å². The van der Waals surface area contributed by atoms with Gasteiger partial charge in [0.2, 0.25) is 0 Å². The first-order chi connectivity index (χ1) is 13.0. The fourth-order valence-electron chi connectivity index (χ4n) is 3.78. The number of benzene rings is 1. The number of likely N-dealkylation sites (tertiary alicyclic amines) is 1. The summed E-state index contributed by atoms with van der Waals surface area (Å²) in [5, 5.41) is 5.70. The Hall–Kier alpha value is -2.54. The lowest BCUT2D eigenvalue weighted by molar-refractivity contribution is -0.901. The Balaban J connectivity index is 1.95. The molecule has 0 bridgehead atoms. The van der Waals surface area contributed by atoms with Crippen LogP contribution in [-0.2, 0) is 9.53 Å². The van der Waals surface area contributed by atoms with Gasteiger partial charge < -0.3 is 25.0 Å². The second kappa shape index (κ2) is 8.43. The average molecular weight is 374 g/mol. The molecule has 2 heterocycles. The van der Waals surface area contributed by atoms with E-state index in [1.54, 1.807) is 7.11 Å². The number of amides is 2. The maximum Gasteiger partial charge on any atom is 0.338 e. The smallest absolute Gasteiger partial charge is 0.338 e. The van der Waals surface area contributed by atoms with E-state index < -0.39 is 12.0 Å². The summed E-state index contributed by atoms with van der Waals surface area (Å²) >= 11 is 0. The lowest BCUT2D eigenvalue weighted by Gasteiger charge is -2.32. The molecule has 3 N–H and O–H groups in total. The first-order valence-corrected chi connectivity index (χ1v) is 9.38. The van der Waals surface area contributed by atoms with Gasteiger partial charge in [-0.3, -0.25) is 0 Å². The molecule has 0 spiro atoms. The molecule has 7 nitrogen and oxygen atoms in total. The van der Waals surface area contributed by atoms with E-state index >= 15 is 0 Å². The van der Waals surface area contributed by atoms with E-state index in [1.165, 1.54) is 12.0 Å². The van der Waals surface area contributed by atoms with Gasteiger partial charge in [0.05, 0.1) is 44.6 Å². The average Bonchev–Trinajstić information content (AvgIpc) is 2.68. The third-order valence-corrected chi connectivity index (χ3v) is 5.39. The lowest BCUT2D eigenvalue weighted by Crippen LogP contribution is -3.13. The molecular formula is C20H28N3O4+. The van der Waals surface area contributed by atoms with Gasteiger partial charge in [-0.25, -0.2) is 9.59 Å². The molecule has 7 heteroatoms. The third kappa shape index (κ3) is 4.42. The Morgan fingerprint density at radius 2 is 2.00 bits per heavy atom. The van der Waals surface area contributed by atoms with Crippen molar-refractivity contribution in [1.82, 2.24) is 10.6 Å². The highest BCUT2D eigenvalue weighted by atomic mass is 16.5. The topological polar surface area (TPSA) is 81.1 Å². The van der Waals surface area contributed by atoms with Gasteiger partial charge in [-0.15, -0.1) is 0 Å². The number of quaternary nitrogens is 1. The van der Waals surface area contributed by atoms with Gasteiger partial charge in [0.25, 0.3) is 0 Å². The molecule has 1 atom stereocenters. The number of rotatable bonds is 5. The Kier molecular flexibility index (Phi) is 6.01. The molecule has 1 saturated heterocycles. The molecule has 0 aliphatic carbocycles. The zero-order valence-corrected chi connectivity index (χ0v) is 16.1. The molecule has 146 valence electrons. The predicted octanol–water partition coefficient (Wildman–Crippen LogP) is 0.791. The van der Waals surface area contributed by atoms with Crippen molar-refractivity contribution in [3.8, 4) is 5.75 Å². The minimum absolute atomic E-state index is 0.310. The monoisotopic (exact) mass is 374 g/mol. The van der Waals surface area contributed by atoms with Crippen LogP contribution in [-0.4, -0.2) is 45.9 Å². The van der Waals surface area contributed by atoms with Crippen molar-refractivity contribution in [2.75, 3.05) is 33.9 Å². The van der Waals surface area contributed by atoms with E-state index in [0.717, 1.165) is 37.4 Å². The summed E-state index contributed by atoms with van der Waals surface area (Å²) in [5.41, 5.74) is 1.88. The Morgan fingerprint density at radius 1 is 1.26 bits per heavy atom. The van der Waals surface area contributed by atoms with Gasteiger partial charge >= 0.3 is 12.0 Å². The van der Waals surface area contributed by atoms with Crippen LogP contribution in [0, 0.1) is 5.92 Å². The van der Waals surface area contributed by atoms with Crippen LogP contribution in [0.25, 0.3) is 0 Å². The van der Waals surface area contributed by atoms with E-state index in [4.69, 9.17) is 9.47 Å². The summed E-state index contributed by atoms with van der Waals surface area (Å²) in [6.07, 6.45) is 2.31. The standard InChI is InChI=1S/C20H27N3O4/c1-13-7-9-23(10-8-13)12-16-17(19(24)27-3)18(22-20(25)21-16)14-5-4-6-15(11-14)26-2/h4-6,11,13,18H,7-10,12H2,1-3H3,(H2,21,22,25)/p+1/t18-/m1/s1.